The summed E-state index contributed by atoms with van der Waals surface area (Å²) in [5.74, 6) is 1.04. The molecule has 0 aromatic rings. The summed E-state index contributed by atoms with van der Waals surface area (Å²) in [5, 5.41) is 19.1. The molecule has 2 heterocycles. The molecule has 0 bridgehead atoms. The quantitative estimate of drug-likeness (QED) is 0.383. The maximum absolute atomic E-state index is 9.93. The summed E-state index contributed by atoms with van der Waals surface area (Å²) >= 11 is 0. The Bertz CT molecular complexity index is 586. The van der Waals surface area contributed by atoms with E-state index >= 15 is 0 Å². The van der Waals surface area contributed by atoms with Gasteiger partial charge in [0.15, 0.2) is 0 Å². The monoisotopic (exact) mass is 424 g/mol. The number of methoxy groups -OCH3 is 1. The van der Waals surface area contributed by atoms with E-state index in [1.165, 1.54) is 5.57 Å². The minimum Gasteiger partial charge on any atom is -0.396 e. The lowest BCUT2D eigenvalue weighted by molar-refractivity contribution is -0.0673. The number of hydrogen-bond donors (Lipinski definition) is 2. The van der Waals surface area contributed by atoms with Gasteiger partial charge in [-0.05, 0) is 63.9 Å². The van der Waals surface area contributed by atoms with Gasteiger partial charge in [-0.3, -0.25) is 0 Å². The Morgan fingerprint density at radius 3 is 2.57 bits per heavy atom. The number of epoxide rings is 1. The van der Waals surface area contributed by atoms with Crippen LogP contribution in [0.15, 0.2) is 23.8 Å². The van der Waals surface area contributed by atoms with Crippen molar-refractivity contribution in [3.05, 3.63) is 23.8 Å². The Morgan fingerprint density at radius 2 is 1.97 bits per heavy atom. The molecule has 2 N–H and O–H groups in total. The molecule has 5 heteroatoms. The molecular weight excluding hydrogens is 380 g/mol. The van der Waals surface area contributed by atoms with Crippen molar-refractivity contribution in [3.63, 3.8) is 0 Å². The van der Waals surface area contributed by atoms with Crippen molar-refractivity contribution in [2.45, 2.75) is 103 Å². The molecule has 0 radical (unpaired) electrons. The largest absolute Gasteiger partial charge is 0.396 e. The zero-order valence-electron chi connectivity index (χ0n) is 20.0. The zero-order valence-corrected chi connectivity index (χ0v) is 20.0. The van der Waals surface area contributed by atoms with Gasteiger partial charge in [0.1, 0.15) is 0 Å². The predicted molar refractivity (Wildman–Crippen MR) is 120 cm³/mol. The van der Waals surface area contributed by atoms with Crippen molar-refractivity contribution in [1.82, 2.24) is 0 Å². The summed E-state index contributed by atoms with van der Waals surface area (Å²) in [7, 11) is 1.65. The topological polar surface area (TPSA) is 71.5 Å². The molecular formula is C25H44O5. The van der Waals surface area contributed by atoms with Gasteiger partial charge in [0.25, 0.3) is 0 Å². The molecule has 9 atom stereocenters. The van der Waals surface area contributed by atoms with Gasteiger partial charge in [-0.1, -0.05) is 39.0 Å². The highest BCUT2D eigenvalue weighted by atomic mass is 16.6. The molecule has 174 valence electrons. The van der Waals surface area contributed by atoms with Crippen LogP contribution in [0.3, 0.4) is 0 Å². The van der Waals surface area contributed by atoms with Gasteiger partial charge in [-0.2, -0.15) is 0 Å². The van der Waals surface area contributed by atoms with Crippen LogP contribution in [-0.4, -0.2) is 60.1 Å². The van der Waals surface area contributed by atoms with Crippen molar-refractivity contribution in [3.8, 4) is 0 Å². The minimum atomic E-state index is -0.509. The van der Waals surface area contributed by atoms with Crippen LogP contribution in [0.1, 0.15) is 67.2 Å². The van der Waals surface area contributed by atoms with E-state index in [2.05, 4.69) is 52.8 Å². The first-order valence-corrected chi connectivity index (χ1v) is 11.6. The van der Waals surface area contributed by atoms with Crippen molar-refractivity contribution < 1.29 is 24.4 Å². The van der Waals surface area contributed by atoms with Crippen LogP contribution in [0.5, 0.6) is 0 Å². The van der Waals surface area contributed by atoms with E-state index in [0.29, 0.717) is 11.8 Å². The van der Waals surface area contributed by atoms with E-state index in [9.17, 15) is 10.2 Å². The van der Waals surface area contributed by atoms with Gasteiger partial charge in [-0.15, -0.1) is 0 Å². The molecule has 0 aromatic carbocycles. The first-order chi connectivity index (χ1) is 14.1. The van der Waals surface area contributed by atoms with E-state index in [1.54, 1.807) is 14.0 Å². The van der Waals surface area contributed by atoms with E-state index in [-0.39, 0.29) is 42.5 Å². The number of allylic oxidation sites excluding steroid dienone is 3. The maximum Gasteiger partial charge on any atom is 0.0929 e. The summed E-state index contributed by atoms with van der Waals surface area (Å²) in [6, 6.07) is 0. The highest BCUT2D eigenvalue weighted by Gasteiger charge is 2.56. The summed E-state index contributed by atoms with van der Waals surface area (Å²) in [5.41, 5.74) is 1.08. The Kier molecular flexibility index (Phi) is 9.57. The van der Waals surface area contributed by atoms with Crippen molar-refractivity contribution >= 4 is 0 Å². The SMILES string of the molecule is COC(C(C)O)C(C)[C@H]1O[C@]1(C)CC(C)/C=C/C=C(\C)[C@H]1O[C@@H](CCO)CC[C@@H]1C. The van der Waals surface area contributed by atoms with Crippen molar-refractivity contribution in [2.24, 2.45) is 17.8 Å². The van der Waals surface area contributed by atoms with E-state index in [4.69, 9.17) is 14.2 Å². The van der Waals surface area contributed by atoms with Crippen LogP contribution < -0.4 is 0 Å². The van der Waals surface area contributed by atoms with Crippen LogP contribution >= 0.6 is 0 Å². The fourth-order valence-corrected chi connectivity index (χ4v) is 5.23. The second-order valence-corrected chi connectivity index (χ2v) is 9.87. The van der Waals surface area contributed by atoms with Crippen LogP contribution in [0, 0.1) is 17.8 Å². The third kappa shape index (κ3) is 6.64. The Morgan fingerprint density at radius 1 is 1.27 bits per heavy atom. The molecule has 30 heavy (non-hydrogen) atoms. The number of aliphatic hydroxyl groups excluding tert-OH is 2. The fourth-order valence-electron chi connectivity index (χ4n) is 5.23. The van der Waals surface area contributed by atoms with E-state index in [1.807, 2.05) is 0 Å². The third-order valence-corrected chi connectivity index (χ3v) is 6.91. The summed E-state index contributed by atoms with van der Waals surface area (Å²) in [6.07, 6.45) is 10.1. The Balaban J connectivity index is 1.87. The molecule has 0 amide bonds. The minimum absolute atomic E-state index is 0.116. The number of ether oxygens (including phenoxy) is 3. The average Bonchev–Trinajstić information content (AvgIpc) is 3.34. The molecule has 4 unspecified atom stereocenters. The molecule has 2 fully saturated rings. The first-order valence-electron chi connectivity index (χ1n) is 11.6. The summed E-state index contributed by atoms with van der Waals surface area (Å²) < 4.78 is 17.8. The number of rotatable bonds is 11. The smallest absolute Gasteiger partial charge is 0.0929 e. The van der Waals surface area contributed by atoms with Crippen LogP contribution in [0.25, 0.3) is 0 Å². The molecule has 2 saturated heterocycles. The van der Waals surface area contributed by atoms with Crippen molar-refractivity contribution in [1.29, 1.82) is 0 Å². The molecule has 0 aromatic heterocycles. The summed E-state index contributed by atoms with van der Waals surface area (Å²) in [4.78, 5) is 0. The van der Waals surface area contributed by atoms with Crippen LogP contribution in [-0.2, 0) is 14.2 Å². The van der Waals surface area contributed by atoms with E-state index in [0.717, 1.165) is 25.7 Å². The average molecular weight is 425 g/mol. The maximum atomic E-state index is 9.93. The number of aliphatic hydroxyl groups is 2. The molecule has 5 nitrogen and oxygen atoms in total. The second-order valence-electron chi connectivity index (χ2n) is 9.87. The Hall–Kier alpha value is -0.720. The van der Waals surface area contributed by atoms with Gasteiger partial charge < -0.3 is 24.4 Å². The highest BCUT2D eigenvalue weighted by Crippen LogP contribution is 2.47. The Labute approximate surface area is 183 Å². The van der Waals surface area contributed by atoms with Gasteiger partial charge in [-0.25, -0.2) is 0 Å². The van der Waals surface area contributed by atoms with E-state index < -0.39 is 6.10 Å². The lowest BCUT2D eigenvalue weighted by atomic mass is 9.85. The van der Waals surface area contributed by atoms with Gasteiger partial charge in [0, 0.05) is 19.6 Å². The predicted octanol–water partition coefficient (Wildman–Crippen LogP) is 4.27. The molecule has 0 aliphatic carbocycles. The van der Waals surface area contributed by atoms with Gasteiger partial charge >= 0.3 is 0 Å². The third-order valence-electron chi connectivity index (χ3n) is 6.91. The highest BCUT2D eigenvalue weighted by molar-refractivity contribution is 5.17. The van der Waals surface area contributed by atoms with Gasteiger partial charge in [0.2, 0.25) is 0 Å². The van der Waals surface area contributed by atoms with Crippen LogP contribution in [0.4, 0.5) is 0 Å². The second kappa shape index (κ2) is 11.2. The normalized spacial score (nSPS) is 36.5. The standard InChI is InChI=1S/C25H44O5/c1-16(15-25(6)24(30-25)19(4)23(28-7)20(5)27)9-8-10-17(2)22-18(3)11-12-21(29-22)13-14-26/h8-10,16,18-24,26-27H,11-15H2,1-7H3/b9-8+,17-10+/t16?,18-,19?,20?,21+,22+,23?,24+,25+/m0/s1. The van der Waals surface area contributed by atoms with Gasteiger partial charge in [0.05, 0.1) is 36.1 Å². The molecule has 2 rings (SSSR count). The first kappa shape index (κ1) is 25.5. The van der Waals surface area contributed by atoms with Crippen LogP contribution in [0.2, 0.25) is 0 Å². The fraction of sp³-hybridized carbons (Fsp3) is 0.840. The van der Waals surface area contributed by atoms with Crippen molar-refractivity contribution in [2.75, 3.05) is 13.7 Å². The number of hydrogen-bond acceptors (Lipinski definition) is 5. The molecule has 0 saturated carbocycles. The zero-order chi connectivity index (χ0) is 22.5. The molecule has 2 aliphatic rings. The lowest BCUT2D eigenvalue weighted by Crippen LogP contribution is -2.36. The summed E-state index contributed by atoms with van der Waals surface area (Å²) in [6.45, 7) is 12.8. The lowest BCUT2D eigenvalue weighted by Gasteiger charge is -2.35. The molecule has 0 spiro atoms. The molecule has 2 aliphatic heterocycles.